The Morgan fingerprint density at radius 2 is 1.75 bits per heavy atom. The van der Waals surface area contributed by atoms with Gasteiger partial charge in [0.15, 0.2) is 0 Å². The highest BCUT2D eigenvalue weighted by Crippen LogP contribution is 2.14. The molecule has 1 aliphatic heterocycles. The fourth-order valence-corrected chi connectivity index (χ4v) is 2.84. The van der Waals surface area contributed by atoms with Gasteiger partial charge in [0.1, 0.15) is 5.75 Å². The molecule has 6 nitrogen and oxygen atoms in total. The molecule has 2 rings (SSSR count). The summed E-state index contributed by atoms with van der Waals surface area (Å²) < 4.78 is 5.09. The fourth-order valence-electron chi connectivity index (χ4n) is 2.84. The van der Waals surface area contributed by atoms with Crippen LogP contribution in [0.4, 0.5) is 10.5 Å². The number of methoxy groups -OCH3 is 1. The number of rotatable bonds is 8. The maximum Gasteiger partial charge on any atom is 0.319 e. The van der Waals surface area contributed by atoms with E-state index in [1.54, 1.807) is 7.11 Å². The number of hydrogen-bond acceptors (Lipinski definition) is 4. The average Bonchev–Trinajstić information content (AvgIpc) is 2.62. The minimum absolute atomic E-state index is 0.156. The Balaban J connectivity index is 1.53. The van der Waals surface area contributed by atoms with Crippen LogP contribution in [0.1, 0.15) is 19.8 Å². The van der Waals surface area contributed by atoms with Crippen LogP contribution < -0.4 is 15.4 Å². The second kappa shape index (κ2) is 10.2. The third-order valence-electron chi connectivity index (χ3n) is 4.45. The first kappa shape index (κ1) is 18.5. The summed E-state index contributed by atoms with van der Waals surface area (Å²) in [6, 6.07) is 7.15. The second-order valence-electron chi connectivity index (χ2n) is 6.09. The number of urea groups is 1. The van der Waals surface area contributed by atoms with Crippen molar-refractivity contribution in [1.29, 1.82) is 0 Å². The molecule has 0 unspecified atom stereocenters. The van der Waals surface area contributed by atoms with Gasteiger partial charge in [0.2, 0.25) is 0 Å². The van der Waals surface area contributed by atoms with Crippen LogP contribution in [0, 0.1) is 0 Å². The maximum absolute atomic E-state index is 11.8. The van der Waals surface area contributed by atoms with E-state index in [1.165, 1.54) is 26.2 Å². The molecule has 0 atom stereocenters. The van der Waals surface area contributed by atoms with E-state index in [9.17, 15) is 4.79 Å². The van der Waals surface area contributed by atoms with Gasteiger partial charge >= 0.3 is 6.03 Å². The summed E-state index contributed by atoms with van der Waals surface area (Å²) in [5.74, 6) is 0.778. The Labute approximate surface area is 145 Å². The molecule has 1 fully saturated rings. The standard InChI is InChI=1S/C18H30N4O2/c1-3-21-12-14-22(15-13-21)11-5-4-10-19-18(23)20-16-6-8-17(24-2)9-7-16/h6-9H,3-5,10-15H2,1-2H3,(H2,19,20,23). The average molecular weight is 334 g/mol. The van der Waals surface area contributed by atoms with Gasteiger partial charge in [-0.1, -0.05) is 6.92 Å². The monoisotopic (exact) mass is 334 g/mol. The first-order chi connectivity index (χ1) is 11.7. The van der Waals surface area contributed by atoms with E-state index in [2.05, 4.69) is 27.4 Å². The Hall–Kier alpha value is -1.79. The zero-order valence-corrected chi connectivity index (χ0v) is 14.9. The molecule has 134 valence electrons. The third kappa shape index (κ3) is 6.37. The first-order valence-corrected chi connectivity index (χ1v) is 8.85. The van der Waals surface area contributed by atoms with Crippen LogP contribution >= 0.6 is 0 Å². The summed E-state index contributed by atoms with van der Waals surface area (Å²) in [6.45, 7) is 9.89. The van der Waals surface area contributed by atoms with Gasteiger partial charge in [0, 0.05) is 38.4 Å². The van der Waals surface area contributed by atoms with Crippen molar-refractivity contribution in [1.82, 2.24) is 15.1 Å². The summed E-state index contributed by atoms with van der Waals surface area (Å²) in [5.41, 5.74) is 0.766. The minimum atomic E-state index is -0.156. The van der Waals surface area contributed by atoms with E-state index in [1.807, 2.05) is 24.3 Å². The van der Waals surface area contributed by atoms with Crippen LogP contribution in [0.2, 0.25) is 0 Å². The van der Waals surface area contributed by atoms with Crippen molar-refractivity contribution in [3.8, 4) is 5.75 Å². The molecule has 6 heteroatoms. The van der Waals surface area contributed by atoms with E-state index in [0.29, 0.717) is 6.54 Å². The molecule has 1 aliphatic rings. The quantitative estimate of drug-likeness (QED) is 0.716. The molecular formula is C18H30N4O2. The number of piperazine rings is 1. The first-order valence-electron chi connectivity index (χ1n) is 8.85. The highest BCUT2D eigenvalue weighted by molar-refractivity contribution is 5.89. The van der Waals surface area contributed by atoms with Crippen LogP contribution in [0.25, 0.3) is 0 Å². The number of unbranched alkanes of at least 4 members (excludes halogenated alkanes) is 1. The largest absolute Gasteiger partial charge is 0.497 e. The van der Waals surface area contributed by atoms with Gasteiger partial charge in [-0.15, -0.1) is 0 Å². The Morgan fingerprint density at radius 1 is 1.08 bits per heavy atom. The van der Waals surface area contributed by atoms with Crippen LogP contribution in [0.5, 0.6) is 5.75 Å². The minimum Gasteiger partial charge on any atom is -0.497 e. The molecule has 2 amide bonds. The highest BCUT2D eigenvalue weighted by Gasteiger charge is 2.14. The number of anilines is 1. The predicted molar refractivity (Wildman–Crippen MR) is 97.8 cm³/mol. The van der Waals surface area contributed by atoms with Crippen LogP contribution in [0.15, 0.2) is 24.3 Å². The molecule has 0 bridgehead atoms. The van der Waals surface area contributed by atoms with Crippen molar-refractivity contribution in [2.45, 2.75) is 19.8 Å². The number of hydrogen-bond donors (Lipinski definition) is 2. The predicted octanol–water partition coefficient (Wildman–Crippen LogP) is 2.23. The number of carbonyl (C=O) groups excluding carboxylic acids is 1. The van der Waals surface area contributed by atoms with Gasteiger partial charge in [0.05, 0.1) is 7.11 Å². The molecular weight excluding hydrogens is 304 g/mol. The molecule has 0 spiro atoms. The summed E-state index contributed by atoms with van der Waals surface area (Å²) in [5, 5.41) is 5.73. The maximum atomic E-state index is 11.8. The van der Waals surface area contributed by atoms with Crippen molar-refractivity contribution in [2.75, 3.05) is 58.2 Å². The van der Waals surface area contributed by atoms with Crippen molar-refractivity contribution in [3.05, 3.63) is 24.3 Å². The molecule has 0 radical (unpaired) electrons. The Bertz CT molecular complexity index is 484. The van der Waals surface area contributed by atoms with Crippen molar-refractivity contribution >= 4 is 11.7 Å². The molecule has 0 aromatic heterocycles. The van der Waals surface area contributed by atoms with E-state index < -0.39 is 0 Å². The van der Waals surface area contributed by atoms with E-state index in [-0.39, 0.29) is 6.03 Å². The lowest BCUT2D eigenvalue weighted by atomic mass is 10.2. The molecule has 1 aromatic carbocycles. The number of amides is 2. The van der Waals surface area contributed by atoms with Gasteiger partial charge in [-0.05, 0) is 50.2 Å². The Morgan fingerprint density at radius 3 is 2.38 bits per heavy atom. The summed E-state index contributed by atoms with van der Waals surface area (Å²) >= 11 is 0. The van der Waals surface area contributed by atoms with Crippen molar-refractivity contribution in [2.24, 2.45) is 0 Å². The van der Waals surface area contributed by atoms with Gasteiger partial charge < -0.3 is 25.2 Å². The zero-order valence-electron chi connectivity index (χ0n) is 14.9. The molecule has 1 aromatic rings. The lowest BCUT2D eigenvalue weighted by Crippen LogP contribution is -2.46. The lowest BCUT2D eigenvalue weighted by molar-refractivity contribution is 0.136. The summed E-state index contributed by atoms with van der Waals surface area (Å²) in [7, 11) is 1.62. The number of nitrogens with zero attached hydrogens (tertiary/aromatic N) is 2. The summed E-state index contributed by atoms with van der Waals surface area (Å²) in [6.07, 6.45) is 2.12. The summed E-state index contributed by atoms with van der Waals surface area (Å²) in [4.78, 5) is 16.8. The number of carbonyl (C=O) groups is 1. The molecule has 24 heavy (non-hydrogen) atoms. The fraction of sp³-hybridized carbons (Fsp3) is 0.611. The Kier molecular flexibility index (Phi) is 7.85. The van der Waals surface area contributed by atoms with E-state index >= 15 is 0 Å². The van der Waals surface area contributed by atoms with Crippen LogP contribution in [-0.4, -0.2) is 68.8 Å². The molecule has 0 aliphatic carbocycles. The molecule has 1 heterocycles. The lowest BCUT2D eigenvalue weighted by Gasteiger charge is -2.33. The smallest absolute Gasteiger partial charge is 0.319 e. The number of likely N-dealkylation sites (N-methyl/N-ethyl adjacent to an activating group) is 1. The number of benzene rings is 1. The van der Waals surface area contributed by atoms with Crippen LogP contribution in [-0.2, 0) is 0 Å². The topological polar surface area (TPSA) is 56.8 Å². The zero-order chi connectivity index (χ0) is 17.2. The van der Waals surface area contributed by atoms with E-state index in [4.69, 9.17) is 4.74 Å². The van der Waals surface area contributed by atoms with Gasteiger partial charge in [-0.2, -0.15) is 0 Å². The third-order valence-corrected chi connectivity index (χ3v) is 4.45. The van der Waals surface area contributed by atoms with E-state index in [0.717, 1.165) is 37.4 Å². The van der Waals surface area contributed by atoms with Crippen molar-refractivity contribution in [3.63, 3.8) is 0 Å². The molecule has 0 saturated carbocycles. The second-order valence-corrected chi connectivity index (χ2v) is 6.09. The SMILES string of the molecule is CCN1CCN(CCCCNC(=O)Nc2ccc(OC)cc2)CC1. The van der Waals surface area contributed by atoms with Crippen molar-refractivity contribution < 1.29 is 9.53 Å². The van der Waals surface area contributed by atoms with Gasteiger partial charge in [-0.3, -0.25) is 0 Å². The number of ether oxygens (including phenoxy) is 1. The van der Waals surface area contributed by atoms with Gasteiger partial charge in [0.25, 0.3) is 0 Å². The van der Waals surface area contributed by atoms with Gasteiger partial charge in [-0.25, -0.2) is 4.79 Å². The number of nitrogens with one attached hydrogen (secondary N) is 2. The normalized spacial score (nSPS) is 15.9. The molecule has 2 N–H and O–H groups in total. The van der Waals surface area contributed by atoms with Crippen LogP contribution in [0.3, 0.4) is 0 Å². The molecule has 1 saturated heterocycles. The highest BCUT2D eigenvalue weighted by atomic mass is 16.5.